The molecule has 0 aromatic carbocycles. The number of nitriles is 1. The van der Waals surface area contributed by atoms with E-state index in [4.69, 9.17) is 4.42 Å². The summed E-state index contributed by atoms with van der Waals surface area (Å²) in [6, 6.07) is 5.97. The third kappa shape index (κ3) is 3.83. The maximum Gasteiger partial charge on any atom is 0.239 e. The predicted molar refractivity (Wildman–Crippen MR) is 99.9 cm³/mol. The number of piperidine rings is 1. The summed E-state index contributed by atoms with van der Waals surface area (Å²) in [5.74, 6) is 1.90. The van der Waals surface area contributed by atoms with E-state index in [1.807, 2.05) is 30.5 Å². The number of nitrogens with one attached hydrogen (secondary N) is 1. The average molecular weight is 354 g/mol. The summed E-state index contributed by atoms with van der Waals surface area (Å²) in [6.07, 6.45) is 3.98. The third-order valence-electron chi connectivity index (χ3n) is 5.20. The van der Waals surface area contributed by atoms with Crippen molar-refractivity contribution < 1.29 is 9.21 Å². The van der Waals surface area contributed by atoms with Gasteiger partial charge in [-0.3, -0.25) is 9.69 Å². The summed E-state index contributed by atoms with van der Waals surface area (Å²) in [6.45, 7) is 8.84. The molecule has 1 aliphatic heterocycles. The van der Waals surface area contributed by atoms with Gasteiger partial charge < -0.3 is 14.3 Å². The topological polar surface area (TPSA) is 74.2 Å². The Bertz CT molecular complexity index is 814. The van der Waals surface area contributed by atoms with E-state index < -0.39 is 0 Å². The Morgan fingerprint density at radius 2 is 2.27 bits per heavy atom. The molecule has 0 radical (unpaired) electrons. The second-order valence-electron chi connectivity index (χ2n) is 7.24. The van der Waals surface area contributed by atoms with Gasteiger partial charge in [-0.25, -0.2) is 0 Å². The van der Waals surface area contributed by atoms with Crippen LogP contribution >= 0.6 is 0 Å². The second kappa shape index (κ2) is 7.79. The van der Waals surface area contributed by atoms with E-state index >= 15 is 0 Å². The summed E-state index contributed by atoms with van der Waals surface area (Å²) in [5, 5.41) is 12.6. The van der Waals surface area contributed by atoms with Gasteiger partial charge in [-0.05, 0) is 56.8 Å². The molecule has 2 aromatic rings. The molecule has 3 heterocycles. The third-order valence-corrected chi connectivity index (χ3v) is 5.20. The number of rotatable bonds is 5. The Morgan fingerprint density at radius 3 is 2.92 bits per heavy atom. The van der Waals surface area contributed by atoms with Gasteiger partial charge in [0.05, 0.1) is 24.9 Å². The number of carbonyl (C=O) groups is 1. The molecule has 26 heavy (non-hydrogen) atoms. The lowest BCUT2D eigenvalue weighted by Crippen LogP contribution is -2.40. The number of furan rings is 1. The minimum Gasteiger partial charge on any atom is -0.467 e. The van der Waals surface area contributed by atoms with Crippen LogP contribution in [0.5, 0.6) is 0 Å². The van der Waals surface area contributed by atoms with Crippen molar-refractivity contribution in [3.8, 4) is 6.07 Å². The molecule has 1 amide bonds. The molecule has 1 saturated heterocycles. The number of hydrogen-bond donors (Lipinski definition) is 1. The Labute approximate surface area is 154 Å². The van der Waals surface area contributed by atoms with Crippen LogP contribution in [-0.4, -0.2) is 35.0 Å². The molecule has 1 atom stereocenters. The van der Waals surface area contributed by atoms with Crippen molar-refractivity contribution >= 4 is 11.7 Å². The zero-order chi connectivity index (χ0) is 18.7. The maximum absolute atomic E-state index is 12.6. The van der Waals surface area contributed by atoms with Crippen molar-refractivity contribution in [2.24, 2.45) is 5.92 Å². The van der Waals surface area contributed by atoms with Gasteiger partial charge in [0, 0.05) is 12.2 Å². The number of anilines is 1. The summed E-state index contributed by atoms with van der Waals surface area (Å²) >= 11 is 0. The van der Waals surface area contributed by atoms with Gasteiger partial charge in [0.1, 0.15) is 17.6 Å². The molecule has 3 rings (SSSR count). The van der Waals surface area contributed by atoms with Gasteiger partial charge >= 0.3 is 0 Å². The molecule has 0 bridgehead atoms. The normalized spacial score (nSPS) is 17.8. The van der Waals surface area contributed by atoms with E-state index in [0.717, 1.165) is 36.5 Å². The lowest BCUT2D eigenvalue weighted by molar-refractivity contribution is -0.117. The number of aromatic nitrogens is 1. The quantitative estimate of drug-likeness (QED) is 0.894. The molecule has 6 nitrogen and oxygen atoms in total. The van der Waals surface area contributed by atoms with Crippen LogP contribution in [0.15, 0.2) is 22.8 Å². The minimum absolute atomic E-state index is 0.0752. The van der Waals surface area contributed by atoms with Crippen molar-refractivity contribution in [2.75, 3.05) is 25.0 Å². The summed E-state index contributed by atoms with van der Waals surface area (Å²) in [5.41, 5.74) is 2.37. The van der Waals surface area contributed by atoms with Crippen molar-refractivity contribution in [1.82, 2.24) is 9.47 Å². The van der Waals surface area contributed by atoms with Crippen LogP contribution in [0.3, 0.4) is 0 Å². The number of likely N-dealkylation sites (tertiary alicyclic amines) is 1. The number of hydrogen-bond acceptors (Lipinski definition) is 4. The van der Waals surface area contributed by atoms with Gasteiger partial charge in [0.25, 0.3) is 0 Å². The molecule has 0 saturated carbocycles. The fraction of sp³-hybridized carbons (Fsp3) is 0.500. The smallest absolute Gasteiger partial charge is 0.239 e. The van der Waals surface area contributed by atoms with Crippen LogP contribution in [-0.2, 0) is 11.3 Å². The molecule has 1 N–H and O–H groups in total. The molecule has 2 aromatic heterocycles. The average Bonchev–Trinajstić information content (AvgIpc) is 3.18. The largest absolute Gasteiger partial charge is 0.467 e. The Hall–Kier alpha value is -2.52. The van der Waals surface area contributed by atoms with Crippen LogP contribution in [0, 0.1) is 31.1 Å². The van der Waals surface area contributed by atoms with E-state index in [1.165, 1.54) is 6.42 Å². The molecular weight excluding hydrogens is 328 g/mol. The van der Waals surface area contributed by atoms with Gasteiger partial charge in [-0.2, -0.15) is 5.26 Å². The van der Waals surface area contributed by atoms with Crippen LogP contribution in [0.2, 0.25) is 0 Å². The fourth-order valence-corrected chi connectivity index (χ4v) is 3.69. The molecule has 0 aliphatic carbocycles. The number of amides is 1. The SMILES string of the molecule is Cc1c(C#N)c(NC(=O)CN2CCC[C@@H](C)C2)n(Cc2ccco2)c1C. The summed E-state index contributed by atoms with van der Waals surface area (Å²) < 4.78 is 7.39. The van der Waals surface area contributed by atoms with E-state index in [2.05, 4.69) is 23.2 Å². The molecule has 6 heteroatoms. The molecule has 1 aliphatic rings. The van der Waals surface area contributed by atoms with Crippen molar-refractivity contribution in [1.29, 1.82) is 5.26 Å². The zero-order valence-electron chi connectivity index (χ0n) is 15.7. The van der Waals surface area contributed by atoms with Gasteiger partial charge in [-0.15, -0.1) is 0 Å². The van der Waals surface area contributed by atoms with Crippen LogP contribution in [0.1, 0.15) is 42.3 Å². The maximum atomic E-state index is 12.6. The van der Waals surface area contributed by atoms with E-state index in [1.54, 1.807) is 6.26 Å². The first-order chi connectivity index (χ1) is 12.5. The first kappa shape index (κ1) is 18.3. The second-order valence-corrected chi connectivity index (χ2v) is 7.24. The molecule has 138 valence electrons. The van der Waals surface area contributed by atoms with Crippen LogP contribution in [0.25, 0.3) is 0 Å². The minimum atomic E-state index is -0.0752. The van der Waals surface area contributed by atoms with Crippen molar-refractivity contribution in [3.05, 3.63) is 41.0 Å². The fourth-order valence-electron chi connectivity index (χ4n) is 3.69. The van der Waals surface area contributed by atoms with Gasteiger partial charge in [0.15, 0.2) is 0 Å². The zero-order valence-corrected chi connectivity index (χ0v) is 15.7. The van der Waals surface area contributed by atoms with Gasteiger partial charge in [-0.1, -0.05) is 6.92 Å². The number of carbonyl (C=O) groups excluding carboxylic acids is 1. The molecule has 0 unspecified atom stereocenters. The Balaban J connectivity index is 1.80. The standard InChI is InChI=1S/C20H26N4O2/c1-14-6-4-8-23(11-14)13-19(25)22-20-18(10-21)15(2)16(3)24(20)12-17-7-5-9-26-17/h5,7,9,14H,4,6,8,11-13H2,1-3H3,(H,22,25)/t14-/m1/s1. The van der Waals surface area contributed by atoms with Crippen LogP contribution in [0.4, 0.5) is 5.82 Å². The Morgan fingerprint density at radius 1 is 1.46 bits per heavy atom. The van der Waals surface area contributed by atoms with E-state index in [9.17, 15) is 10.1 Å². The first-order valence-corrected chi connectivity index (χ1v) is 9.14. The monoisotopic (exact) mass is 354 g/mol. The summed E-state index contributed by atoms with van der Waals surface area (Å²) in [7, 11) is 0. The lowest BCUT2D eigenvalue weighted by Gasteiger charge is -2.30. The highest BCUT2D eigenvalue weighted by atomic mass is 16.3. The molecule has 0 spiro atoms. The number of nitrogens with zero attached hydrogens (tertiary/aromatic N) is 3. The van der Waals surface area contributed by atoms with Crippen molar-refractivity contribution in [2.45, 2.75) is 40.2 Å². The predicted octanol–water partition coefficient (Wildman–Crippen LogP) is 3.29. The van der Waals surface area contributed by atoms with Crippen molar-refractivity contribution in [3.63, 3.8) is 0 Å². The molecule has 1 fully saturated rings. The Kier molecular flexibility index (Phi) is 5.48. The highest BCUT2D eigenvalue weighted by Gasteiger charge is 2.23. The lowest BCUT2D eigenvalue weighted by atomic mass is 10.0. The highest BCUT2D eigenvalue weighted by Crippen LogP contribution is 2.27. The van der Waals surface area contributed by atoms with Crippen LogP contribution < -0.4 is 5.32 Å². The van der Waals surface area contributed by atoms with E-state index in [-0.39, 0.29) is 5.91 Å². The highest BCUT2D eigenvalue weighted by molar-refractivity contribution is 5.93. The molecular formula is C20H26N4O2. The first-order valence-electron chi connectivity index (χ1n) is 9.14. The van der Waals surface area contributed by atoms with Gasteiger partial charge in [0.2, 0.25) is 5.91 Å². The summed E-state index contributed by atoms with van der Waals surface area (Å²) in [4.78, 5) is 14.8. The van der Waals surface area contributed by atoms with E-state index in [0.29, 0.717) is 30.4 Å².